The minimum Gasteiger partial charge on any atom is -0.356 e. The molecule has 166 valence electrons. The van der Waals surface area contributed by atoms with Crippen LogP contribution in [0.25, 0.3) is 0 Å². The summed E-state index contributed by atoms with van der Waals surface area (Å²) >= 11 is 0. The number of hydrogen-bond acceptors (Lipinski definition) is 4. The molecule has 1 atom stereocenters. The Kier molecular flexibility index (Phi) is 8.79. The van der Waals surface area contributed by atoms with Crippen molar-refractivity contribution in [3.05, 3.63) is 16.3 Å². The standard InChI is InChI=1S/C17H28F3N7O.HI/c1-21-15(23-13-6-10-25(11-13)12-17(18,19)20)22-7-4-9-27-16(28)26-8-3-2-5-14(26)24-27;/h13H,2-12H2,1H3,(H2,21,22,23);1H. The number of nitrogens with zero attached hydrogens (tertiary/aromatic N) is 5. The lowest BCUT2D eigenvalue weighted by molar-refractivity contribution is -0.143. The van der Waals surface area contributed by atoms with E-state index in [1.165, 1.54) is 9.58 Å². The molecule has 29 heavy (non-hydrogen) atoms. The summed E-state index contributed by atoms with van der Waals surface area (Å²) in [6, 6.07) is -0.0592. The number of aromatic nitrogens is 3. The maximum atomic E-state index is 12.5. The normalized spacial score (nSPS) is 20.3. The Labute approximate surface area is 184 Å². The quantitative estimate of drug-likeness (QED) is 0.250. The summed E-state index contributed by atoms with van der Waals surface area (Å²) in [5.41, 5.74) is -0.0482. The molecule has 1 aromatic rings. The second kappa shape index (κ2) is 10.6. The third-order valence-corrected chi connectivity index (χ3v) is 5.11. The van der Waals surface area contributed by atoms with Gasteiger partial charge in [-0.2, -0.15) is 18.3 Å². The molecule has 0 saturated carbocycles. The number of aliphatic imine (C=N–C) groups is 1. The highest BCUT2D eigenvalue weighted by molar-refractivity contribution is 14.0. The molecule has 0 aromatic carbocycles. The van der Waals surface area contributed by atoms with Crippen LogP contribution in [0.4, 0.5) is 13.2 Å². The fourth-order valence-corrected chi connectivity index (χ4v) is 3.77. The van der Waals surface area contributed by atoms with Gasteiger partial charge in [-0.05, 0) is 25.7 Å². The number of likely N-dealkylation sites (tertiary alicyclic amines) is 1. The molecule has 1 saturated heterocycles. The van der Waals surface area contributed by atoms with E-state index in [4.69, 9.17) is 0 Å². The third-order valence-electron chi connectivity index (χ3n) is 5.11. The number of guanidine groups is 1. The van der Waals surface area contributed by atoms with Gasteiger partial charge < -0.3 is 10.6 Å². The molecule has 0 bridgehead atoms. The van der Waals surface area contributed by atoms with Crippen molar-refractivity contribution in [2.24, 2.45) is 4.99 Å². The summed E-state index contributed by atoms with van der Waals surface area (Å²) in [6.07, 6.45) is 0.114. The molecule has 8 nitrogen and oxygen atoms in total. The van der Waals surface area contributed by atoms with Crippen molar-refractivity contribution in [2.45, 2.75) is 57.4 Å². The Morgan fingerprint density at radius 3 is 2.79 bits per heavy atom. The molecule has 1 fully saturated rings. The van der Waals surface area contributed by atoms with Gasteiger partial charge in [0.2, 0.25) is 0 Å². The van der Waals surface area contributed by atoms with Crippen molar-refractivity contribution in [3.8, 4) is 0 Å². The van der Waals surface area contributed by atoms with Crippen LogP contribution in [0.2, 0.25) is 0 Å². The van der Waals surface area contributed by atoms with Gasteiger partial charge in [0.15, 0.2) is 5.96 Å². The molecule has 1 unspecified atom stereocenters. The average Bonchev–Trinajstić information content (AvgIpc) is 3.20. The minimum atomic E-state index is -4.17. The van der Waals surface area contributed by atoms with Crippen molar-refractivity contribution >= 4 is 29.9 Å². The van der Waals surface area contributed by atoms with Gasteiger partial charge in [-0.3, -0.25) is 14.5 Å². The monoisotopic (exact) mass is 531 g/mol. The first-order chi connectivity index (χ1) is 13.4. The van der Waals surface area contributed by atoms with E-state index in [0.717, 1.165) is 31.6 Å². The average molecular weight is 531 g/mol. The second-order valence-electron chi connectivity index (χ2n) is 7.36. The number of rotatable bonds is 6. The number of fused-ring (bicyclic) bond motifs is 1. The van der Waals surface area contributed by atoms with Crippen molar-refractivity contribution < 1.29 is 13.2 Å². The molecule has 2 aliphatic rings. The maximum Gasteiger partial charge on any atom is 0.401 e. The van der Waals surface area contributed by atoms with Crippen molar-refractivity contribution in [2.75, 3.05) is 33.2 Å². The Morgan fingerprint density at radius 2 is 2.10 bits per heavy atom. The van der Waals surface area contributed by atoms with E-state index in [9.17, 15) is 18.0 Å². The van der Waals surface area contributed by atoms with Crippen molar-refractivity contribution in [1.29, 1.82) is 0 Å². The first kappa shape index (κ1) is 24.0. The number of alkyl halides is 3. The van der Waals surface area contributed by atoms with Gasteiger partial charge in [-0.25, -0.2) is 9.48 Å². The van der Waals surface area contributed by atoms with Crippen LogP contribution < -0.4 is 16.3 Å². The Hall–Kier alpha value is -1.31. The SMILES string of the molecule is CN=C(NCCCn1nc2n(c1=O)CCCC2)NC1CCN(CC(F)(F)F)C1.I. The van der Waals surface area contributed by atoms with E-state index in [-0.39, 0.29) is 35.7 Å². The predicted octanol–water partition coefficient (Wildman–Crippen LogP) is 1.19. The molecule has 12 heteroatoms. The van der Waals surface area contributed by atoms with Gasteiger partial charge in [0, 0.05) is 52.2 Å². The zero-order valence-electron chi connectivity index (χ0n) is 16.5. The number of halogens is 4. The topological polar surface area (TPSA) is 79.5 Å². The highest BCUT2D eigenvalue weighted by atomic mass is 127. The van der Waals surface area contributed by atoms with Crippen LogP contribution in [0.15, 0.2) is 9.79 Å². The molecule has 3 heterocycles. The zero-order chi connectivity index (χ0) is 20.1. The van der Waals surface area contributed by atoms with Gasteiger partial charge in [0.1, 0.15) is 5.82 Å². The van der Waals surface area contributed by atoms with Crippen LogP contribution in [0, 0.1) is 0 Å². The largest absolute Gasteiger partial charge is 0.401 e. The van der Waals surface area contributed by atoms with Crippen molar-refractivity contribution in [1.82, 2.24) is 29.9 Å². The van der Waals surface area contributed by atoms with Gasteiger partial charge in [-0.1, -0.05) is 0 Å². The highest BCUT2D eigenvalue weighted by Gasteiger charge is 2.34. The van der Waals surface area contributed by atoms with Crippen LogP contribution in [0.5, 0.6) is 0 Å². The predicted molar refractivity (Wildman–Crippen MR) is 115 cm³/mol. The van der Waals surface area contributed by atoms with Gasteiger partial charge in [0.05, 0.1) is 6.54 Å². The summed E-state index contributed by atoms with van der Waals surface area (Å²) in [6.45, 7) is 1.74. The second-order valence-corrected chi connectivity index (χ2v) is 7.36. The fraction of sp³-hybridized carbons (Fsp3) is 0.824. The molecule has 0 aliphatic carbocycles. The summed E-state index contributed by atoms with van der Waals surface area (Å²) in [5, 5.41) is 10.7. The Bertz CT molecular complexity index is 746. The Balaban J connectivity index is 0.00000300. The summed E-state index contributed by atoms with van der Waals surface area (Å²) in [4.78, 5) is 17.8. The highest BCUT2D eigenvalue weighted by Crippen LogP contribution is 2.19. The van der Waals surface area contributed by atoms with Gasteiger partial charge in [-0.15, -0.1) is 24.0 Å². The number of hydrogen-bond donors (Lipinski definition) is 2. The van der Waals surface area contributed by atoms with Crippen LogP contribution in [0.1, 0.15) is 31.5 Å². The summed E-state index contributed by atoms with van der Waals surface area (Å²) in [7, 11) is 1.63. The molecule has 0 radical (unpaired) electrons. The molecule has 0 spiro atoms. The maximum absolute atomic E-state index is 12.5. The molecular weight excluding hydrogens is 502 g/mol. The van der Waals surface area contributed by atoms with Crippen molar-refractivity contribution in [3.63, 3.8) is 0 Å². The fourth-order valence-electron chi connectivity index (χ4n) is 3.77. The lowest BCUT2D eigenvalue weighted by atomic mass is 10.2. The summed E-state index contributed by atoms with van der Waals surface area (Å²) < 4.78 is 40.7. The van der Waals surface area contributed by atoms with E-state index >= 15 is 0 Å². The first-order valence-corrected chi connectivity index (χ1v) is 9.78. The molecule has 0 amide bonds. The van der Waals surface area contributed by atoms with Crippen LogP contribution in [0.3, 0.4) is 0 Å². The molecule has 2 aliphatic heterocycles. The number of aryl methyl sites for hydroxylation is 2. The van der Waals surface area contributed by atoms with E-state index in [0.29, 0.717) is 45.0 Å². The first-order valence-electron chi connectivity index (χ1n) is 9.78. The lowest BCUT2D eigenvalue weighted by Gasteiger charge is -2.19. The van der Waals surface area contributed by atoms with E-state index in [1.807, 2.05) is 0 Å². The molecular formula is C17H29F3IN7O. The van der Waals surface area contributed by atoms with Gasteiger partial charge >= 0.3 is 11.9 Å². The molecule has 2 N–H and O–H groups in total. The lowest BCUT2D eigenvalue weighted by Crippen LogP contribution is -2.45. The Morgan fingerprint density at radius 1 is 1.31 bits per heavy atom. The van der Waals surface area contributed by atoms with Crippen LogP contribution >= 0.6 is 24.0 Å². The van der Waals surface area contributed by atoms with E-state index in [2.05, 4.69) is 20.7 Å². The van der Waals surface area contributed by atoms with Gasteiger partial charge in [0.25, 0.3) is 0 Å². The van der Waals surface area contributed by atoms with Crippen LogP contribution in [-0.4, -0.2) is 70.7 Å². The minimum absolute atomic E-state index is 0. The molecule has 1 aromatic heterocycles. The zero-order valence-corrected chi connectivity index (χ0v) is 18.9. The number of nitrogens with one attached hydrogen (secondary N) is 2. The summed E-state index contributed by atoms with van der Waals surface area (Å²) in [5.74, 6) is 1.43. The van der Waals surface area contributed by atoms with E-state index in [1.54, 1.807) is 11.6 Å². The van der Waals surface area contributed by atoms with E-state index < -0.39 is 12.7 Å². The van der Waals surface area contributed by atoms with Crippen LogP contribution in [-0.2, 0) is 19.5 Å². The third kappa shape index (κ3) is 6.86. The molecule has 3 rings (SSSR count). The smallest absolute Gasteiger partial charge is 0.356 e.